The molecule has 0 aliphatic heterocycles. The van der Waals surface area contributed by atoms with Crippen molar-refractivity contribution in [1.29, 1.82) is 0 Å². The summed E-state index contributed by atoms with van der Waals surface area (Å²) in [5.41, 5.74) is 3.33. The van der Waals surface area contributed by atoms with E-state index in [0.717, 1.165) is 18.4 Å². The van der Waals surface area contributed by atoms with Gasteiger partial charge in [0, 0.05) is 9.13 Å². The molecule has 0 unspecified atom stereocenters. The Kier molecular flexibility index (Phi) is 4.11. The van der Waals surface area contributed by atoms with Crippen molar-refractivity contribution in [2.45, 2.75) is 33.6 Å². The molecule has 0 heterocycles. The molecule has 0 radical (unpaired) electrons. The molecule has 0 N–H and O–H groups in total. The standard InChI is InChI=1S/C12H15IO/c1-4-9-7-12(13)10(5-2)6-11(9)8(3)14/h6-7H,4-5H2,1-3H3. The zero-order valence-corrected chi connectivity index (χ0v) is 11.0. The first-order valence-electron chi connectivity index (χ1n) is 4.92. The molecule has 76 valence electrons. The van der Waals surface area contributed by atoms with E-state index in [1.807, 2.05) is 6.07 Å². The number of Topliss-reactive ketones (excluding diaryl/α,β-unsaturated/α-hetero) is 1. The Morgan fingerprint density at radius 2 is 1.79 bits per heavy atom. The number of ketones is 1. The molecule has 0 saturated carbocycles. The van der Waals surface area contributed by atoms with Crippen LogP contribution >= 0.6 is 22.6 Å². The average Bonchev–Trinajstić information content (AvgIpc) is 2.16. The maximum absolute atomic E-state index is 11.4. The largest absolute Gasteiger partial charge is 0.295 e. The van der Waals surface area contributed by atoms with Crippen LogP contribution in [0.15, 0.2) is 12.1 Å². The molecular weight excluding hydrogens is 287 g/mol. The fraction of sp³-hybridized carbons (Fsp3) is 0.417. The lowest BCUT2D eigenvalue weighted by Gasteiger charge is -2.09. The molecule has 0 amide bonds. The van der Waals surface area contributed by atoms with Crippen LogP contribution in [0, 0.1) is 3.57 Å². The fourth-order valence-electron chi connectivity index (χ4n) is 1.55. The molecule has 0 saturated heterocycles. The highest BCUT2D eigenvalue weighted by Crippen LogP contribution is 2.20. The normalized spacial score (nSPS) is 10.3. The molecule has 0 aromatic heterocycles. The monoisotopic (exact) mass is 302 g/mol. The Morgan fingerprint density at radius 1 is 1.21 bits per heavy atom. The zero-order valence-electron chi connectivity index (χ0n) is 8.86. The van der Waals surface area contributed by atoms with Crippen molar-refractivity contribution in [2.75, 3.05) is 0 Å². The molecule has 2 heteroatoms. The number of carbonyl (C=O) groups excluding carboxylic acids is 1. The number of benzene rings is 1. The lowest BCUT2D eigenvalue weighted by molar-refractivity contribution is 0.101. The first kappa shape index (κ1) is 11.7. The van der Waals surface area contributed by atoms with Gasteiger partial charge < -0.3 is 0 Å². The maximum Gasteiger partial charge on any atom is 0.160 e. The molecule has 0 aliphatic rings. The minimum atomic E-state index is 0.174. The fourth-order valence-corrected chi connectivity index (χ4v) is 2.46. The van der Waals surface area contributed by atoms with Gasteiger partial charge in [0.1, 0.15) is 0 Å². The molecule has 0 atom stereocenters. The third kappa shape index (κ3) is 2.35. The lowest BCUT2D eigenvalue weighted by Crippen LogP contribution is -2.02. The smallest absolute Gasteiger partial charge is 0.160 e. The van der Waals surface area contributed by atoms with Gasteiger partial charge in [0.25, 0.3) is 0 Å². The maximum atomic E-state index is 11.4. The number of hydrogen-bond acceptors (Lipinski definition) is 1. The first-order valence-corrected chi connectivity index (χ1v) is 6.00. The van der Waals surface area contributed by atoms with Gasteiger partial charge in [-0.1, -0.05) is 13.8 Å². The second-order valence-electron chi connectivity index (χ2n) is 3.36. The minimum Gasteiger partial charge on any atom is -0.295 e. The molecule has 1 nitrogen and oxygen atoms in total. The van der Waals surface area contributed by atoms with Crippen LogP contribution in [0.5, 0.6) is 0 Å². The highest BCUT2D eigenvalue weighted by atomic mass is 127. The first-order chi connectivity index (χ1) is 6.60. The van der Waals surface area contributed by atoms with Crippen LogP contribution in [0.25, 0.3) is 0 Å². The number of hydrogen-bond donors (Lipinski definition) is 0. The summed E-state index contributed by atoms with van der Waals surface area (Å²) in [4.78, 5) is 11.4. The van der Waals surface area contributed by atoms with Crippen molar-refractivity contribution in [3.8, 4) is 0 Å². The van der Waals surface area contributed by atoms with Gasteiger partial charge in [0.2, 0.25) is 0 Å². The van der Waals surface area contributed by atoms with Gasteiger partial charge in [0.05, 0.1) is 0 Å². The van der Waals surface area contributed by atoms with E-state index in [-0.39, 0.29) is 5.78 Å². The summed E-state index contributed by atoms with van der Waals surface area (Å²) in [7, 11) is 0. The summed E-state index contributed by atoms with van der Waals surface area (Å²) in [6.07, 6.45) is 1.91. The Bertz CT molecular complexity index is 356. The van der Waals surface area contributed by atoms with Crippen LogP contribution in [-0.2, 0) is 12.8 Å². The van der Waals surface area contributed by atoms with Crippen molar-refractivity contribution in [3.05, 3.63) is 32.4 Å². The van der Waals surface area contributed by atoms with E-state index in [2.05, 4.69) is 42.5 Å². The van der Waals surface area contributed by atoms with Crippen LogP contribution in [0.4, 0.5) is 0 Å². The molecule has 0 aliphatic carbocycles. The van der Waals surface area contributed by atoms with Crippen LogP contribution in [0.1, 0.15) is 42.3 Å². The third-order valence-corrected chi connectivity index (χ3v) is 3.42. The van der Waals surface area contributed by atoms with Crippen molar-refractivity contribution in [3.63, 3.8) is 0 Å². The summed E-state index contributed by atoms with van der Waals surface area (Å²) in [6, 6.07) is 4.18. The minimum absolute atomic E-state index is 0.174. The number of aryl methyl sites for hydroxylation is 2. The van der Waals surface area contributed by atoms with Gasteiger partial charge in [0.15, 0.2) is 5.78 Å². The quantitative estimate of drug-likeness (QED) is 0.615. The predicted molar refractivity (Wildman–Crippen MR) is 67.9 cm³/mol. The molecule has 14 heavy (non-hydrogen) atoms. The molecule has 0 fully saturated rings. The summed E-state index contributed by atoms with van der Waals surface area (Å²) in [5.74, 6) is 0.174. The van der Waals surface area contributed by atoms with E-state index < -0.39 is 0 Å². The second-order valence-corrected chi connectivity index (χ2v) is 4.53. The summed E-state index contributed by atoms with van der Waals surface area (Å²) in [6.45, 7) is 5.84. The molecule has 1 rings (SSSR count). The number of rotatable bonds is 3. The van der Waals surface area contributed by atoms with Gasteiger partial charge >= 0.3 is 0 Å². The van der Waals surface area contributed by atoms with Gasteiger partial charge in [-0.15, -0.1) is 0 Å². The average molecular weight is 302 g/mol. The van der Waals surface area contributed by atoms with E-state index in [0.29, 0.717) is 0 Å². The second kappa shape index (κ2) is 4.91. The summed E-state index contributed by atoms with van der Waals surface area (Å²) >= 11 is 2.34. The van der Waals surface area contributed by atoms with E-state index in [4.69, 9.17) is 0 Å². The van der Waals surface area contributed by atoms with Crippen molar-refractivity contribution in [1.82, 2.24) is 0 Å². The molecule has 1 aromatic rings. The van der Waals surface area contributed by atoms with Gasteiger partial charge in [-0.2, -0.15) is 0 Å². The van der Waals surface area contributed by atoms with Crippen LogP contribution in [0.3, 0.4) is 0 Å². The van der Waals surface area contributed by atoms with Gasteiger partial charge in [-0.3, -0.25) is 4.79 Å². The van der Waals surface area contributed by atoms with Gasteiger partial charge in [-0.05, 0) is 65.6 Å². The van der Waals surface area contributed by atoms with Crippen LogP contribution in [0.2, 0.25) is 0 Å². The van der Waals surface area contributed by atoms with Gasteiger partial charge in [-0.25, -0.2) is 0 Å². The molecule has 0 spiro atoms. The Morgan fingerprint density at radius 3 is 2.21 bits per heavy atom. The summed E-state index contributed by atoms with van der Waals surface area (Å²) in [5, 5.41) is 0. The highest BCUT2D eigenvalue weighted by Gasteiger charge is 2.09. The summed E-state index contributed by atoms with van der Waals surface area (Å²) < 4.78 is 1.27. The van der Waals surface area contributed by atoms with Crippen molar-refractivity contribution < 1.29 is 4.79 Å². The molecule has 1 aromatic carbocycles. The van der Waals surface area contributed by atoms with E-state index >= 15 is 0 Å². The van der Waals surface area contributed by atoms with E-state index in [9.17, 15) is 4.79 Å². The lowest BCUT2D eigenvalue weighted by atomic mass is 9.98. The van der Waals surface area contributed by atoms with Crippen LogP contribution < -0.4 is 0 Å². The molecule has 0 bridgehead atoms. The Labute approximate surface area is 99.0 Å². The number of carbonyl (C=O) groups is 1. The number of halogens is 1. The SMILES string of the molecule is CCc1cc(C(C)=O)c(CC)cc1I. The predicted octanol–water partition coefficient (Wildman–Crippen LogP) is 3.62. The van der Waals surface area contributed by atoms with E-state index in [1.165, 1.54) is 14.7 Å². The van der Waals surface area contributed by atoms with Crippen molar-refractivity contribution in [2.24, 2.45) is 0 Å². The highest BCUT2D eigenvalue weighted by molar-refractivity contribution is 14.1. The Balaban J connectivity index is 3.32. The van der Waals surface area contributed by atoms with Crippen LogP contribution in [-0.4, -0.2) is 5.78 Å². The van der Waals surface area contributed by atoms with E-state index in [1.54, 1.807) is 6.92 Å². The Hall–Kier alpha value is -0.380. The zero-order chi connectivity index (χ0) is 10.7. The van der Waals surface area contributed by atoms with Crippen molar-refractivity contribution >= 4 is 28.4 Å². The third-order valence-electron chi connectivity index (χ3n) is 2.41. The molecular formula is C12H15IO. The topological polar surface area (TPSA) is 17.1 Å².